The van der Waals surface area contributed by atoms with Crippen LogP contribution in [0.4, 0.5) is 17.6 Å². The minimum Gasteiger partial charge on any atom is -0.481 e. The first-order chi connectivity index (χ1) is 29.5. The molecule has 4 fully saturated rings. The van der Waals surface area contributed by atoms with Crippen LogP contribution >= 0.6 is 0 Å². The Kier molecular flexibility index (Phi) is 14.6. The average molecular weight is 861 g/mol. The second kappa shape index (κ2) is 19.9. The van der Waals surface area contributed by atoms with Crippen LogP contribution in [0.25, 0.3) is 22.5 Å². The third-order valence-electron chi connectivity index (χ3n) is 14.4. The highest BCUT2D eigenvalue weighted by molar-refractivity contribution is 5.79. The second-order valence-electron chi connectivity index (χ2n) is 18.3. The Balaban J connectivity index is 0.000000164. The van der Waals surface area contributed by atoms with Crippen molar-refractivity contribution < 1.29 is 32.3 Å². The van der Waals surface area contributed by atoms with Gasteiger partial charge in [0.05, 0.1) is 54.4 Å². The Labute approximate surface area is 363 Å². The Morgan fingerprint density at radius 3 is 1.55 bits per heavy atom. The number of hydrogen-bond acceptors (Lipinski definition) is 5. The largest absolute Gasteiger partial charge is 0.481 e. The highest BCUT2D eigenvalue weighted by Gasteiger charge is 2.42. The number of amides is 1. The number of rotatable bonds is 8. The van der Waals surface area contributed by atoms with Crippen LogP contribution in [0.1, 0.15) is 146 Å². The van der Waals surface area contributed by atoms with Crippen LogP contribution in [-0.2, 0) is 9.59 Å². The van der Waals surface area contributed by atoms with Gasteiger partial charge < -0.3 is 24.5 Å². The van der Waals surface area contributed by atoms with Gasteiger partial charge in [0.2, 0.25) is 5.91 Å². The molecular weight excluding hydrogens is 797 g/mol. The molecule has 2 saturated heterocycles. The third kappa shape index (κ3) is 9.82. The summed E-state index contributed by atoms with van der Waals surface area (Å²) >= 11 is 0. The number of aliphatic carboxylic acids is 1. The number of alkyl halides is 2. The summed E-state index contributed by atoms with van der Waals surface area (Å²) in [6.07, 6.45) is 19.5. The van der Waals surface area contributed by atoms with Gasteiger partial charge in [0.25, 0.3) is 0 Å². The maximum absolute atomic E-state index is 15.6. The SMILES string of the molecule is C.C1CCNCC1.O=C(C1CCC(F)(CCC2c3c(F)cccc3-c3cncn32)CC1)N1CCCCC1.O=C(O)C1CCC(F)(CCC2c3c(F)cccc3-c3cncn32)CC1. The van der Waals surface area contributed by atoms with Crippen LogP contribution in [0.15, 0.2) is 61.4 Å². The van der Waals surface area contributed by atoms with Crippen LogP contribution in [0.2, 0.25) is 0 Å². The van der Waals surface area contributed by atoms with Crippen molar-refractivity contribution in [3.05, 3.63) is 84.2 Å². The van der Waals surface area contributed by atoms with E-state index in [1.165, 1.54) is 50.9 Å². The van der Waals surface area contributed by atoms with Gasteiger partial charge in [0, 0.05) is 41.3 Å². The summed E-state index contributed by atoms with van der Waals surface area (Å²) < 4.78 is 63.6. The number of hydrogen-bond donors (Lipinski definition) is 2. The molecule has 62 heavy (non-hydrogen) atoms. The number of carboxylic acids is 1. The number of likely N-dealkylation sites (tertiary alicyclic amines) is 1. The number of piperidine rings is 2. The van der Waals surface area contributed by atoms with Gasteiger partial charge in [-0.25, -0.2) is 27.5 Å². The van der Waals surface area contributed by atoms with Crippen molar-refractivity contribution in [1.29, 1.82) is 0 Å². The molecule has 13 heteroatoms. The van der Waals surface area contributed by atoms with Crippen LogP contribution < -0.4 is 5.32 Å². The van der Waals surface area contributed by atoms with Crippen molar-refractivity contribution in [2.24, 2.45) is 11.8 Å². The summed E-state index contributed by atoms with van der Waals surface area (Å²) in [5.74, 6) is -1.58. The predicted octanol–water partition coefficient (Wildman–Crippen LogP) is 11.0. The van der Waals surface area contributed by atoms with E-state index >= 15 is 8.78 Å². The first-order valence-corrected chi connectivity index (χ1v) is 22.8. The van der Waals surface area contributed by atoms with Gasteiger partial charge in [-0.05, 0) is 134 Å². The molecule has 1 amide bonds. The van der Waals surface area contributed by atoms with Gasteiger partial charge in [-0.1, -0.05) is 38.1 Å². The fourth-order valence-electron chi connectivity index (χ4n) is 10.8. The smallest absolute Gasteiger partial charge is 0.306 e. The van der Waals surface area contributed by atoms with Crippen molar-refractivity contribution >= 4 is 11.9 Å². The Hall–Kier alpha value is -4.52. The molecule has 4 aliphatic heterocycles. The third-order valence-corrected chi connectivity index (χ3v) is 14.4. The van der Waals surface area contributed by atoms with Gasteiger partial charge in [-0.15, -0.1) is 0 Å². The maximum atomic E-state index is 15.6. The quantitative estimate of drug-likeness (QED) is 0.171. The highest BCUT2D eigenvalue weighted by atomic mass is 19.2. The normalized spacial score (nSPS) is 27.2. The lowest BCUT2D eigenvalue weighted by Crippen LogP contribution is -2.42. The molecule has 2 unspecified atom stereocenters. The zero-order valence-corrected chi connectivity index (χ0v) is 35.2. The number of benzene rings is 2. The van der Waals surface area contributed by atoms with Gasteiger partial charge in [0.1, 0.15) is 23.0 Å². The van der Waals surface area contributed by atoms with E-state index in [9.17, 15) is 18.4 Å². The number of aromatic nitrogens is 4. The topological polar surface area (TPSA) is 105 Å². The fraction of sp³-hybridized carbons (Fsp3) is 0.592. The van der Waals surface area contributed by atoms with E-state index in [2.05, 4.69) is 15.3 Å². The maximum Gasteiger partial charge on any atom is 0.306 e. The zero-order valence-electron chi connectivity index (χ0n) is 35.2. The molecule has 336 valence electrons. The molecule has 0 radical (unpaired) electrons. The lowest BCUT2D eigenvalue weighted by Gasteiger charge is -2.37. The fourth-order valence-corrected chi connectivity index (χ4v) is 10.8. The molecule has 6 heterocycles. The van der Waals surface area contributed by atoms with E-state index in [4.69, 9.17) is 5.11 Å². The molecular formula is C49H64F4N6O3. The van der Waals surface area contributed by atoms with E-state index in [1.807, 2.05) is 26.2 Å². The first-order valence-electron chi connectivity index (χ1n) is 22.8. The molecule has 9 nitrogen and oxygen atoms in total. The molecule has 4 aromatic rings. The van der Waals surface area contributed by atoms with Crippen LogP contribution in [0.5, 0.6) is 0 Å². The van der Waals surface area contributed by atoms with Crippen LogP contribution in [-0.4, -0.2) is 78.5 Å². The summed E-state index contributed by atoms with van der Waals surface area (Å²) in [6, 6.07) is 9.63. The molecule has 0 spiro atoms. The summed E-state index contributed by atoms with van der Waals surface area (Å²) in [5.41, 5.74) is 2.09. The Morgan fingerprint density at radius 2 is 1.13 bits per heavy atom. The number of carboxylic acid groups (broad SMARTS) is 1. The summed E-state index contributed by atoms with van der Waals surface area (Å²) in [6.45, 7) is 4.21. The molecule has 6 aliphatic rings. The molecule has 2 aromatic carbocycles. The predicted molar refractivity (Wildman–Crippen MR) is 233 cm³/mol. The molecule has 2 saturated carbocycles. The van der Waals surface area contributed by atoms with Crippen molar-refractivity contribution in [1.82, 2.24) is 29.3 Å². The lowest BCUT2D eigenvalue weighted by molar-refractivity contribution is -0.144. The average Bonchev–Trinajstić information content (AvgIpc) is 4.08. The van der Waals surface area contributed by atoms with E-state index in [-0.39, 0.29) is 55.8 Å². The molecule has 10 rings (SSSR count). The number of carbonyl (C=O) groups is 2. The second-order valence-corrected chi connectivity index (χ2v) is 18.3. The molecule has 0 bridgehead atoms. The number of carbonyl (C=O) groups excluding carboxylic acids is 1. The van der Waals surface area contributed by atoms with Crippen LogP contribution in [0, 0.1) is 23.5 Å². The summed E-state index contributed by atoms with van der Waals surface area (Å²) in [7, 11) is 0. The number of nitrogens with zero attached hydrogens (tertiary/aromatic N) is 5. The zero-order chi connectivity index (χ0) is 42.6. The number of nitrogens with one attached hydrogen (secondary N) is 1. The lowest BCUT2D eigenvalue weighted by atomic mass is 9.76. The van der Waals surface area contributed by atoms with Crippen molar-refractivity contribution in [3.63, 3.8) is 0 Å². The van der Waals surface area contributed by atoms with Gasteiger partial charge in [-0.2, -0.15) is 0 Å². The van der Waals surface area contributed by atoms with Crippen molar-refractivity contribution in [3.8, 4) is 22.5 Å². The molecule has 2 N–H and O–H groups in total. The standard InChI is InChI=1S/C24H29F2N3O.C19H20F2N2O2.C5H11N.CH4/c25-19-6-4-5-18-21-15-27-16-29(21)20(22(18)19)9-12-24(26)10-7-17(8-11-24)23(30)28-13-2-1-3-14-28;20-14-3-1-2-13-16-10-22-11-23(16)15(17(13)14)6-9-19(21)7-4-12(5-8-19)18(24)25;1-2-4-6-5-3-1;/h4-6,15-17,20H,1-3,7-14H2;1-3,10-12,15H,4-9H2,(H,24,25);6H,1-5H2;1H4. The molecule has 2 atom stereocenters. The summed E-state index contributed by atoms with van der Waals surface area (Å²) in [4.78, 5) is 34.1. The van der Waals surface area contributed by atoms with E-state index in [0.717, 1.165) is 48.4 Å². The Bertz CT molecular complexity index is 2120. The minimum absolute atomic E-state index is 0. The number of fused-ring (bicyclic) bond motifs is 6. The highest BCUT2D eigenvalue weighted by Crippen LogP contribution is 2.48. The summed E-state index contributed by atoms with van der Waals surface area (Å²) in [5, 5.41) is 12.3. The minimum atomic E-state index is -1.36. The first kappa shape index (κ1) is 45.5. The van der Waals surface area contributed by atoms with Crippen molar-refractivity contribution in [2.45, 2.75) is 146 Å². The Morgan fingerprint density at radius 1 is 0.677 bits per heavy atom. The molecule has 2 aromatic heterocycles. The van der Waals surface area contributed by atoms with Gasteiger partial charge in [0.15, 0.2) is 0 Å². The number of imidazole rings is 2. The number of halogens is 4. The van der Waals surface area contributed by atoms with Crippen LogP contribution in [0.3, 0.4) is 0 Å². The monoisotopic (exact) mass is 860 g/mol. The van der Waals surface area contributed by atoms with E-state index < -0.39 is 23.2 Å². The van der Waals surface area contributed by atoms with E-state index in [0.29, 0.717) is 75.3 Å². The molecule has 2 aliphatic carbocycles. The van der Waals surface area contributed by atoms with Crippen molar-refractivity contribution in [2.75, 3.05) is 26.2 Å². The van der Waals surface area contributed by atoms with E-state index in [1.54, 1.807) is 37.2 Å². The van der Waals surface area contributed by atoms with Gasteiger partial charge in [-0.3, -0.25) is 9.59 Å². The van der Waals surface area contributed by atoms with Gasteiger partial charge >= 0.3 is 5.97 Å².